The van der Waals surface area contributed by atoms with Gasteiger partial charge in [0.15, 0.2) is 5.82 Å². The first-order chi connectivity index (χ1) is 23.9. The smallest absolute Gasteiger partial charge is 0.340 e. The highest BCUT2D eigenvalue weighted by Crippen LogP contribution is 2.40. The molecule has 0 bridgehead atoms. The predicted molar refractivity (Wildman–Crippen MR) is 190 cm³/mol. The van der Waals surface area contributed by atoms with E-state index in [1.165, 1.54) is 17.3 Å². The van der Waals surface area contributed by atoms with E-state index in [1.54, 1.807) is 36.4 Å². The average molecular weight is 668 g/mol. The summed E-state index contributed by atoms with van der Waals surface area (Å²) in [6.45, 7) is 0.873. The Balaban J connectivity index is 1.43. The van der Waals surface area contributed by atoms with Crippen LogP contribution >= 0.6 is 0 Å². The number of benzene rings is 4. The molecule has 0 spiro atoms. The maximum absolute atomic E-state index is 14.9. The molecule has 1 saturated carbocycles. The second kappa shape index (κ2) is 12.4. The van der Waals surface area contributed by atoms with E-state index in [2.05, 4.69) is 4.90 Å². The Hall–Kier alpha value is -5.74. The van der Waals surface area contributed by atoms with Gasteiger partial charge in [-0.1, -0.05) is 91.0 Å². The number of aromatic nitrogens is 4. The lowest BCUT2D eigenvalue weighted by Gasteiger charge is -2.26. The van der Waals surface area contributed by atoms with Crippen molar-refractivity contribution in [1.82, 2.24) is 18.7 Å². The van der Waals surface area contributed by atoms with Gasteiger partial charge in [0, 0.05) is 41.8 Å². The number of anilines is 1. The molecule has 0 amide bonds. The number of fused-ring (bicyclic) bond motifs is 2. The molecule has 3 aromatic heterocycles. The van der Waals surface area contributed by atoms with Crippen molar-refractivity contribution in [2.75, 3.05) is 12.0 Å². The molecule has 8 rings (SSSR count). The van der Waals surface area contributed by atoms with Crippen molar-refractivity contribution in [3.8, 4) is 11.3 Å². The summed E-state index contributed by atoms with van der Waals surface area (Å²) >= 11 is 0. The van der Waals surface area contributed by atoms with Crippen LogP contribution in [0.4, 0.5) is 5.82 Å². The number of nitrogens with zero attached hydrogens (tertiary/aromatic N) is 5. The van der Waals surface area contributed by atoms with Gasteiger partial charge in [-0.2, -0.15) is 5.10 Å². The first-order valence-corrected chi connectivity index (χ1v) is 17.6. The number of hydrogen-bond donors (Lipinski definition) is 0. The molecule has 1 fully saturated rings. The number of methoxy groups -OCH3 is 1. The highest BCUT2D eigenvalue weighted by Gasteiger charge is 2.31. The summed E-state index contributed by atoms with van der Waals surface area (Å²) < 4.78 is 38.3. The Labute approximate surface area is 284 Å². The molecular weight excluding hydrogens is 635 g/mol. The van der Waals surface area contributed by atoms with E-state index < -0.39 is 16.0 Å². The van der Waals surface area contributed by atoms with E-state index in [9.17, 15) is 13.2 Å². The molecule has 3 heterocycles. The second-order valence-electron chi connectivity index (χ2n) is 12.3. The molecule has 0 N–H and O–H groups in total. The van der Waals surface area contributed by atoms with Crippen molar-refractivity contribution in [2.24, 2.45) is 0 Å². The van der Waals surface area contributed by atoms with E-state index in [0.717, 1.165) is 34.9 Å². The molecule has 244 valence electrons. The Bertz CT molecular complexity index is 2380. The summed E-state index contributed by atoms with van der Waals surface area (Å²) in [5.41, 5.74) is 4.29. The summed E-state index contributed by atoms with van der Waals surface area (Å²) in [7, 11) is -2.92. The summed E-state index contributed by atoms with van der Waals surface area (Å²) in [6, 6.07) is 36.2. The van der Waals surface area contributed by atoms with E-state index >= 15 is 0 Å². The zero-order valence-electron chi connectivity index (χ0n) is 26.8. The molecule has 0 atom stereocenters. The minimum Gasteiger partial charge on any atom is -0.465 e. The summed E-state index contributed by atoms with van der Waals surface area (Å²) in [5.74, 6) is -0.193. The van der Waals surface area contributed by atoms with Gasteiger partial charge in [0.1, 0.15) is 5.52 Å². The van der Waals surface area contributed by atoms with Gasteiger partial charge < -0.3 is 9.64 Å². The predicted octanol–water partition coefficient (Wildman–Crippen LogP) is 7.62. The SMILES string of the molecule is COC(=O)c1cnc(N(Cc2ccccc2)Cc2ccccc2)c2c1cc(-c1ccc3cn(C4CC4)nc3c1)n2S(=O)(=O)c1ccccc1. The topological polar surface area (TPSA) is 99.3 Å². The van der Waals surface area contributed by atoms with Crippen LogP contribution in [0.3, 0.4) is 0 Å². The minimum absolute atomic E-state index is 0.111. The van der Waals surface area contributed by atoms with Crippen molar-refractivity contribution >= 4 is 43.6 Å². The standard InChI is InChI=1S/C39H33N5O4S/c1-48-39(45)34-23-40-38(42(24-27-11-5-2-6-12-27)25-28-13-7-3-8-14-28)37-33(34)22-36(44(37)49(46,47)32-15-9-4-10-16-32)29-17-18-30-26-43(31-19-20-31)41-35(30)21-29/h2-18,21-23,26,31H,19-20,24-25H2,1H3. The number of rotatable bonds is 10. The fourth-order valence-corrected chi connectivity index (χ4v) is 7.90. The number of carbonyl (C=O) groups excluding carboxylic acids is 1. The van der Waals surface area contributed by atoms with Crippen molar-refractivity contribution in [1.29, 1.82) is 0 Å². The Morgan fingerprint density at radius 1 is 0.857 bits per heavy atom. The van der Waals surface area contributed by atoms with Crippen LogP contribution in [0.25, 0.3) is 33.1 Å². The van der Waals surface area contributed by atoms with E-state index in [0.29, 0.717) is 41.6 Å². The van der Waals surface area contributed by atoms with Crippen molar-refractivity contribution < 1.29 is 17.9 Å². The number of esters is 1. The fraction of sp³-hybridized carbons (Fsp3) is 0.154. The van der Waals surface area contributed by atoms with Crippen molar-refractivity contribution in [3.63, 3.8) is 0 Å². The maximum atomic E-state index is 14.9. The lowest BCUT2D eigenvalue weighted by Crippen LogP contribution is -2.25. The largest absolute Gasteiger partial charge is 0.465 e. The van der Waals surface area contributed by atoms with Gasteiger partial charge in [-0.15, -0.1) is 0 Å². The van der Waals surface area contributed by atoms with E-state index in [1.807, 2.05) is 89.7 Å². The Morgan fingerprint density at radius 3 is 2.10 bits per heavy atom. The molecule has 7 aromatic rings. The number of carbonyl (C=O) groups is 1. The summed E-state index contributed by atoms with van der Waals surface area (Å²) in [6.07, 6.45) is 5.71. The van der Waals surface area contributed by atoms with Gasteiger partial charge in [0.2, 0.25) is 0 Å². The van der Waals surface area contributed by atoms with Crippen molar-refractivity contribution in [3.05, 3.63) is 144 Å². The van der Waals surface area contributed by atoms with Crippen LogP contribution in [0.5, 0.6) is 0 Å². The number of ether oxygens (including phenoxy) is 1. The van der Waals surface area contributed by atoms with Gasteiger partial charge in [-0.25, -0.2) is 22.2 Å². The lowest BCUT2D eigenvalue weighted by molar-refractivity contribution is 0.0602. The van der Waals surface area contributed by atoms with Crippen LogP contribution < -0.4 is 4.90 Å². The fourth-order valence-electron chi connectivity index (χ4n) is 6.35. The quantitative estimate of drug-likeness (QED) is 0.138. The molecule has 4 aromatic carbocycles. The van der Waals surface area contributed by atoms with Crippen LogP contribution in [-0.4, -0.2) is 40.2 Å². The normalized spacial score (nSPS) is 13.2. The third kappa shape index (κ3) is 5.74. The van der Waals surface area contributed by atoms with Crippen LogP contribution in [0.2, 0.25) is 0 Å². The average Bonchev–Trinajstić information content (AvgIpc) is 3.77. The Morgan fingerprint density at radius 2 is 1.49 bits per heavy atom. The minimum atomic E-state index is -4.23. The molecule has 1 aliphatic carbocycles. The summed E-state index contributed by atoms with van der Waals surface area (Å²) in [4.78, 5) is 20.3. The first kappa shape index (κ1) is 30.6. The molecule has 0 aliphatic heterocycles. The molecule has 0 unspecified atom stereocenters. The van der Waals surface area contributed by atoms with Crippen LogP contribution in [-0.2, 0) is 27.8 Å². The highest BCUT2D eigenvalue weighted by molar-refractivity contribution is 7.90. The number of pyridine rings is 1. The molecule has 10 heteroatoms. The highest BCUT2D eigenvalue weighted by atomic mass is 32.2. The van der Waals surface area contributed by atoms with E-state index in [-0.39, 0.29) is 16.0 Å². The first-order valence-electron chi connectivity index (χ1n) is 16.2. The van der Waals surface area contributed by atoms with Gasteiger partial charge in [-0.05, 0) is 48.2 Å². The lowest BCUT2D eigenvalue weighted by atomic mass is 10.1. The molecule has 9 nitrogen and oxygen atoms in total. The zero-order valence-corrected chi connectivity index (χ0v) is 27.6. The maximum Gasteiger partial charge on any atom is 0.340 e. The van der Waals surface area contributed by atoms with Gasteiger partial charge in [0.05, 0.1) is 34.8 Å². The molecule has 1 aliphatic rings. The Kier molecular flexibility index (Phi) is 7.72. The van der Waals surface area contributed by atoms with Gasteiger partial charge >= 0.3 is 5.97 Å². The van der Waals surface area contributed by atoms with Gasteiger partial charge in [0.25, 0.3) is 10.0 Å². The molecule has 49 heavy (non-hydrogen) atoms. The van der Waals surface area contributed by atoms with Gasteiger partial charge in [-0.3, -0.25) is 4.68 Å². The van der Waals surface area contributed by atoms with E-state index in [4.69, 9.17) is 14.8 Å². The molecule has 0 radical (unpaired) electrons. The third-order valence-electron chi connectivity index (χ3n) is 8.94. The van der Waals surface area contributed by atoms with Crippen molar-refractivity contribution in [2.45, 2.75) is 36.9 Å². The number of hydrogen-bond acceptors (Lipinski definition) is 7. The zero-order chi connectivity index (χ0) is 33.5. The molecular formula is C39H33N5O4S. The summed E-state index contributed by atoms with van der Waals surface area (Å²) in [5, 5.41) is 6.22. The van der Waals surface area contributed by atoms with Crippen LogP contribution in [0.1, 0.15) is 40.4 Å². The van der Waals surface area contributed by atoms with Crippen LogP contribution in [0.15, 0.2) is 133 Å². The van der Waals surface area contributed by atoms with Crippen LogP contribution in [0, 0.1) is 0 Å². The second-order valence-corrected chi connectivity index (χ2v) is 14.1. The molecule has 0 saturated heterocycles. The monoisotopic (exact) mass is 667 g/mol. The third-order valence-corrected chi connectivity index (χ3v) is 10.7.